The molecular formula is C15H24N4O3. The van der Waals surface area contributed by atoms with Gasteiger partial charge in [-0.3, -0.25) is 4.84 Å². The molecule has 3 rings (SSSR count). The molecule has 2 atom stereocenters. The van der Waals surface area contributed by atoms with Crippen molar-refractivity contribution in [3.8, 4) is 0 Å². The maximum atomic E-state index is 12.5. The Labute approximate surface area is 130 Å². The molecule has 1 aromatic rings. The Bertz CT molecular complexity index is 519. The highest BCUT2D eigenvalue weighted by Crippen LogP contribution is 2.37. The molecule has 0 radical (unpaired) electrons. The Kier molecular flexibility index (Phi) is 4.61. The van der Waals surface area contributed by atoms with Gasteiger partial charge in [-0.05, 0) is 25.7 Å². The normalized spacial score (nSPS) is 24.4. The number of hydrogen-bond donors (Lipinski definition) is 0. The van der Waals surface area contributed by atoms with Crippen LogP contribution in [0.4, 0.5) is 4.79 Å². The zero-order valence-corrected chi connectivity index (χ0v) is 13.3. The number of amides is 2. The van der Waals surface area contributed by atoms with E-state index >= 15 is 0 Å². The minimum Gasteiger partial charge on any atom is -0.423 e. The minimum atomic E-state index is -0.110. The first-order valence-corrected chi connectivity index (χ1v) is 8.29. The summed E-state index contributed by atoms with van der Waals surface area (Å²) in [5.74, 6) is 1.22. The lowest BCUT2D eigenvalue weighted by molar-refractivity contribution is -0.130. The molecule has 2 aliphatic heterocycles. The van der Waals surface area contributed by atoms with Gasteiger partial charge in [0.25, 0.3) is 0 Å². The number of urea groups is 1. The van der Waals surface area contributed by atoms with Crippen LogP contribution in [0.3, 0.4) is 0 Å². The average molecular weight is 308 g/mol. The Morgan fingerprint density at radius 3 is 2.91 bits per heavy atom. The van der Waals surface area contributed by atoms with E-state index in [2.05, 4.69) is 24.0 Å². The molecule has 0 unspecified atom stereocenters. The van der Waals surface area contributed by atoms with Crippen LogP contribution >= 0.6 is 0 Å². The van der Waals surface area contributed by atoms with Crippen molar-refractivity contribution in [3.63, 3.8) is 0 Å². The number of hydrogen-bond acceptors (Lipinski definition) is 5. The van der Waals surface area contributed by atoms with Gasteiger partial charge in [-0.2, -0.15) is 5.06 Å². The van der Waals surface area contributed by atoms with Gasteiger partial charge < -0.3 is 9.32 Å². The summed E-state index contributed by atoms with van der Waals surface area (Å²) in [6.07, 6.45) is 5.52. The lowest BCUT2D eigenvalue weighted by atomic mass is 10.0. The van der Waals surface area contributed by atoms with Crippen LogP contribution < -0.4 is 0 Å². The van der Waals surface area contributed by atoms with Gasteiger partial charge in [0.15, 0.2) is 0 Å². The number of nitrogens with zero attached hydrogens (tertiary/aromatic N) is 4. The van der Waals surface area contributed by atoms with E-state index in [0.717, 1.165) is 38.5 Å². The maximum absolute atomic E-state index is 12.5. The van der Waals surface area contributed by atoms with Gasteiger partial charge in [0.05, 0.1) is 12.6 Å². The van der Waals surface area contributed by atoms with E-state index in [4.69, 9.17) is 9.25 Å². The molecular weight excluding hydrogens is 284 g/mol. The molecule has 3 heterocycles. The van der Waals surface area contributed by atoms with Gasteiger partial charge in [-0.1, -0.05) is 20.3 Å². The lowest BCUT2D eigenvalue weighted by Crippen LogP contribution is -2.34. The molecule has 0 aromatic carbocycles. The van der Waals surface area contributed by atoms with Crippen molar-refractivity contribution >= 4 is 6.03 Å². The topological polar surface area (TPSA) is 71.7 Å². The summed E-state index contributed by atoms with van der Waals surface area (Å²) in [5.41, 5.74) is 0. The number of carbonyl (C=O) groups is 1. The van der Waals surface area contributed by atoms with Crippen molar-refractivity contribution in [1.82, 2.24) is 20.2 Å². The maximum Gasteiger partial charge on any atom is 0.345 e. The van der Waals surface area contributed by atoms with Crippen molar-refractivity contribution in [1.29, 1.82) is 0 Å². The summed E-state index contributed by atoms with van der Waals surface area (Å²) in [5, 5.41) is 9.76. The highest BCUT2D eigenvalue weighted by Gasteiger charge is 2.47. The number of fused-ring (bicyclic) bond motifs is 2. The third-order valence-corrected chi connectivity index (χ3v) is 4.28. The Hall–Kier alpha value is -1.63. The fraction of sp³-hybridized carbons (Fsp3) is 0.800. The first-order chi connectivity index (χ1) is 10.7. The summed E-state index contributed by atoms with van der Waals surface area (Å²) in [4.78, 5) is 20.0. The number of piperidine rings is 1. The van der Waals surface area contributed by atoms with Crippen LogP contribution in [0, 0.1) is 0 Å². The zero-order chi connectivity index (χ0) is 15.5. The smallest absolute Gasteiger partial charge is 0.345 e. The van der Waals surface area contributed by atoms with Crippen molar-refractivity contribution in [2.45, 2.75) is 64.5 Å². The third-order valence-electron chi connectivity index (χ3n) is 4.28. The molecule has 0 aliphatic carbocycles. The van der Waals surface area contributed by atoms with Crippen LogP contribution in [0.15, 0.2) is 4.42 Å². The van der Waals surface area contributed by atoms with Crippen LogP contribution in [-0.2, 0) is 11.3 Å². The quantitative estimate of drug-likeness (QED) is 0.724. The van der Waals surface area contributed by atoms with E-state index in [-0.39, 0.29) is 18.1 Å². The molecule has 22 heavy (non-hydrogen) atoms. The first-order valence-electron chi connectivity index (χ1n) is 8.29. The molecule has 7 nitrogen and oxygen atoms in total. The number of unbranched alkanes of at least 4 members (excludes halogenated alkanes) is 1. The standard InChI is InChI=1S/C15H24N4O3/c1-3-5-9-21-19-11-7-8-12(18(10-11)15(19)20)14-17-16-13(22-14)6-4-2/h11-12H,3-10H2,1-2H3/t11-,12-/m0/s1. The van der Waals surface area contributed by atoms with Crippen molar-refractivity contribution in [3.05, 3.63) is 11.8 Å². The molecule has 0 saturated carbocycles. The molecule has 2 aliphatic rings. The Morgan fingerprint density at radius 2 is 2.14 bits per heavy atom. The predicted octanol–water partition coefficient (Wildman–Crippen LogP) is 2.69. The summed E-state index contributed by atoms with van der Waals surface area (Å²) < 4.78 is 5.72. The number of rotatable bonds is 7. The molecule has 0 N–H and O–H groups in total. The van der Waals surface area contributed by atoms with Crippen LogP contribution in [0.25, 0.3) is 0 Å². The van der Waals surface area contributed by atoms with E-state index in [1.807, 2.05) is 4.90 Å². The minimum absolute atomic E-state index is 0.0705. The molecule has 2 bridgehead atoms. The second kappa shape index (κ2) is 6.64. The monoisotopic (exact) mass is 308 g/mol. The van der Waals surface area contributed by atoms with Crippen LogP contribution in [0.1, 0.15) is 63.8 Å². The molecule has 2 saturated heterocycles. The fourth-order valence-electron chi connectivity index (χ4n) is 3.08. The lowest BCUT2D eigenvalue weighted by Gasteiger charge is -2.27. The summed E-state index contributed by atoms with van der Waals surface area (Å²) >= 11 is 0. The van der Waals surface area contributed by atoms with Crippen LogP contribution in [0.5, 0.6) is 0 Å². The number of carbonyl (C=O) groups excluding carboxylic acids is 1. The molecule has 0 spiro atoms. The fourth-order valence-corrected chi connectivity index (χ4v) is 3.08. The molecule has 2 amide bonds. The van der Waals surface area contributed by atoms with Crippen molar-refractivity contribution in [2.24, 2.45) is 0 Å². The Morgan fingerprint density at radius 1 is 1.27 bits per heavy atom. The average Bonchev–Trinajstić information content (AvgIpc) is 3.07. The van der Waals surface area contributed by atoms with Gasteiger partial charge in [-0.25, -0.2) is 4.79 Å². The first kappa shape index (κ1) is 15.3. The third kappa shape index (κ3) is 2.82. The van der Waals surface area contributed by atoms with Crippen LogP contribution in [0.2, 0.25) is 0 Å². The number of hydroxylamine groups is 2. The van der Waals surface area contributed by atoms with Crippen LogP contribution in [-0.4, -0.2) is 45.4 Å². The Balaban J connectivity index is 1.68. The predicted molar refractivity (Wildman–Crippen MR) is 78.9 cm³/mol. The zero-order valence-electron chi connectivity index (χ0n) is 13.3. The van der Waals surface area contributed by atoms with Gasteiger partial charge in [0, 0.05) is 13.0 Å². The summed E-state index contributed by atoms with van der Waals surface area (Å²) in [7, 11) is 0. The second-order valence-corrected chi connectivity index (χ2v) is 5.98. The summed E-state index contributed by atoms with van der Waals surface area (Å²) in [6, 6.07) is -0.0286. The van der Waals surface area contributed by atoms with E-state index in [1.54, 1.807) is 5.06 Å². The summed E-state index contributed by atoms with van der Waals surface area (Å²) in [6.45, 7) is 5.46. The highest BCUT2D eigenvalue weighted by molar-refractivity contribution is 5.77. The van der Waals surface area contributed by atoms with E-state index in [9.17, 15) is 4.79 Å². The second-order valence-electron chi connectivity index (χ2n) is 5.98. The van der Waals surface area contributed by atoms with Gasteiger partial charge in [0.1, 0.15) is 6.04 Å². The van der Waals surface area contributed by atoms with E-state index < -0.39 is 0 Å². The van der Waals surface area contributed by atoms with Crippen molar-refractivity contribution in [2.75, 3.05) is 13.2 Å². The van der Waals surface area contributed by atoms with Gasteiger partial charge in [-0.15, -0.1) is 10.2 Å². The van der Waals surface area contributed by atoms with Gasteiger partial charge in [0.2, 0.25) is 11.8 Å². The molecule has 7 heteroatoms. The van der Waals surface area contributed by atoms with Crippen molar-refractivity contribution < 1.29 is 14.0 Å². The molecule has 122 valence electrons. The van der Waals surface area contributed by atoms with E-state index in [0.29, 0.717) is 24.9 Å². The van der Waals surface area contributed by atoms with Gasteiger partial charge >= 0.3 is 6.03 Å². The number of aryl methyl sites for hydroxylation is 1. The molecule has 1 aromatic heterocycles. The highest BCUT2D eigenvalue weighted by atomic mass is 16.7. The SMILES string of the molecule is CCCCON1C(=O)N2C[C@@H]1CC[C@H]2c1nnc(CCC)o1. The number of aromatic nitrogens is 2. The molecule has 2 fully saturated rings. The van der Waals surface area contributed by atoms with E-state index in [1.165, 1.54) is 0 Å². The largest absolute Gasteiger partial charge is 0.423 e.